The van der Waals surface area contributed by atoms with Crippen molar-refractivity contribution in [1.82, 2.24) is 13.7 Å². The van der Waals surface area contributed by atoms with Crippen LogP contribution in [0.15, 0.2) is 33.9 Å². The molecule has 1 atom stereocenters. The number of rotatable bonds is 6. The van der Waals surface area contributed by atoms with Gasteiger partial charge in [-0.3, -0.25) is 18.7 Å². The van der Waals surface area contributed by atoms with E-state index in [9.17, 15) is 19.6 Å². The summed E-state index contributed by atoms with van der Waals surface area (Å²) in [5.74, 6) is 6.41. The molecule has 3 aromatic rings. The Morgan fingerprint density at radius 2 is 2.03 bits per heavy atom. The maximum atomic E-state index is 13.8. The van der Waals surface area contributed by atoms with E-state index in [0.717, 1.165) is 17.4 Å². The summed E-state index contributed by atoms with van der Waals surface area (Å²) in [6.07, 6.45) is 1.70. The number of hydrogen-bond acceptors (Lipinski definition) is 7. The molecule has 0 bridgehead atoms. The second kappa shape index (κ2) is 10.1. The number of piperidine rings is 1. The molecule has 0 saturated carbocycles. The fraction of sp³-hybridized carbons (Fsp3) is 0.385. The quantitative estimate of drug-likeness (QED) is 0.408. The molecule has 0 spiro atoms. The Balaban J connectivity index is 1.95. The summed E-state index contributed by atoms with van der Waals surface area (Å²) < 4.78 is 9.03. The first-order valence-corrected chi connectivity index (χ1v) is 11.7. The van der Waals surface area contributed by atoms with Gasteiger partial charge in [0.05, 0.1) is 25.7 Å². The van der Waals surface area contributed by atoms with Crippen molar-refractivity contribution in [2.45, 2.75) is 38.9 Å². The summed E-state index contributed by atoms with van der Waals surface area (Å²) in [7, 11) is 2.99. The van der Waals surface area contributed by atoms with E-state index in [0.29, 0.717) is 30.2 Å². The van der Waals surface area contributed by atoms with Crippen LogP contribution in [0, 0.1) is 23.2 Å². The molecule has 0 aliphatic carbocycles. The van der Waals surface area contributed by atoms with Gasteiger partial charge in [-0.1, -0.05) is 18.1 Å². The number of nitriles is 1. The van der Waals surface area contributed by atoms with Crippen LogP contribution in [0.25, 0.3) is 11.0 Å². The molecule has 1 unspecified atom stereocenters. The van der Waals surface area contributed by atoms with E-state index in [1.165, 1.54) is 18.7 Å². The number of methoxy groups -OCH3 is 1. The van der Waals surface area contributed by atoms with Crippen LogP contribution in [0.4, 0.5) is 5.82 Å². The van der Waals surface area contributed by atoms with E-state index in [4.69, 9.17) is 10.5 Å². The number of hydrogen-bond donors (Lipinski definition) is 1. The minimum atomic E-state index is -0.680. The van der Waals surface area contributed by atoms with Gasteiger partial charge in [0.2, 0.25) is 0 Å². The molecular formula is C26H28N6O4. The van der Waals surface area contributed by atoms with E-state index in [-0.39, 0.29) is 29.2 Å². The first-order chi connectivity index (χ1) is 17.3. The Kier molecular flexibility index (Phi) is 7.00. The van der Waals surface area contributed by atoms with Crippen molar-refractivity contribution < 1.29 is 9.53 Å². The Hall–Kier alpha value is -4.28. The van der Waals surface area contributed by atoms with Gasteiger partial charge in [-0.25, -0.2) is 4.79 Å². The molecule has 0 radical (unpaired) electrons. The van der Waals surface area contributed by atoms with Crippen LogP contribution in [0.2, 0.25) is 0 Å². The predicted octanol–water partition coefficient (Wildman–Crippen LogP) is 1.22. The van der Waals surface area contributed by atoms with Gasteiger partial charge in [0.15, 0.2) is 5.78 Å². The molecule has 0 amide bonds. The molecule has 2 aromatic heterocycles. The number of Topliss-reactive ketones (excluding diaryl/α,β-unsaturated/α-hetero) is 1. The third kappa shape index (κ3) is 4.28. The molecule has 1 aliphatic heterocycles. The SMILES string of the molecule is CC#CCn1c(N2CCCC(N)C2)c(C#N)c2c1c(=O)n(CC(=O)c1cccc(OC)c1)c(=O)n2C. The molecule has 1 aliphatic rings. The lowest BCUT2D eigenvalue weighted by molar-refractivity contribution is 0.0968. The Morgan fingerprint density at radius 1 is 1.25 bits per heavy atom. The van der Waals surface area contributed by atoms with Crippen molar-refractivity contribution in [2.24, 2.45) is 12.8 Å². The summed E-state index contributed by atoms with van der Waals surface area (Å²) in [6, 6.07) is 8.65. The highest BCUT2D eigenvalue weighted by Gasteiger charge is 2.30. The van der Waals surface area contributed by atoms with Gasteiger partial charge in [-0.05, 0) is 31.9 Å². The molecule has 2 N–H and O–H groups in total. The van der Waals surface area contributed by atoms with Crippen LogP contribution in [-0.2, 0) is 20.1 Å². The normalized spacial score (nSPS) is 15.3. The predicted molar refractivity (Wildman–Crippen MR) is 136 cm³/mol. The minimum Gasteiger partial charge on any atom is -0.497 e. The Morgan fingerprint density at radius 3 is 2.69 bits per heavy atom. The van der Waals surface area contributed by atoms with Gasteiger partial charge in [-0.15, -0.1) is 5.92 Å². The van der Waals surface area contributed by atoms with Crippen molar-refractivity contribution >= 4 is 22.6 Å². The van der Waals surface area contributed by atoms with E-state index in [1.54, 1.807) is 35.8 Å². The van der Waals surface area contributed by atoms with Gasteiger partial charge < -0.3 is 19.9 Å². The van der Waals surface area contributed by atoms with Crippen LogP contribution in [0.5, 0.6) is 5.75 Å². The fourth-order valence-corrected chi connectivity index (χ4v) is 4.74. The molecule has 1 saturated heterocycles. The van der Waals surface area contributed by atoms with Gasteiger partial charge in [-0.2, -0.15) is 5.26 Å². The number of ketones is 1. The number of carbonyl (C=O) groups is 1. The largest absolute Gasteiger partial charge is 0.497 e. The second-order valence-corrected chi connectivity index (χ2v) is 8.76. The molecule has 10 nitrogen and oxygen atoms in total. The van der Waals surface area contributed by atoms with Crippen LogP contribution in [-0.4, -0.2) is 45.7 Å². The van der Waals surface area contributed by atoms with Crippen LogP contribution < -0.4 is 26.6 Å². The lowest BCUT2D eigenvalue weighted by Gasteiger charge is -2.33. The fourth-order valence-electron chi connectivity index (χ4n) is 4.74. The third-order valence-corrected chi connectivity index (χ3v) is 6.49. The lowest BCUT2D eigenvalue weighted by atomic mass is 10.1. The molecule has 1 fully saturated rings. The highest BCUT2D eigenvalue weighted by molar-refractivity contribution is 5.96. The highest BCUT2D eigenvalue weighted by Crippen LogP contribution is 2.32. The number of aryl methyl sites for hydroxylation is 1. The second-order valence-electron chi connectivity index (χ2n) is 8.76. The molecule has 4 rings (SSSR count). The standard InChI is InChI=1S/C26H28N6O4/c1-4-5-12-31-23-22(20(14-27)24(31)30-11-7-9-18(28)15-30)29(2)26(35)32(25(23)34)16-21(33)17-8-6-10-19(13-17)36-3/h6,8,10,13,18H,7,9,11-12,15-16,28H2,1-3H3. The van der Waals surface area contributed by atoms with Gasteiger partial charge in [0, 0.05) is 31.7 Å². The summed E-state index contributed by atoms with van der Waals surface area (Å²) >= 11 is 0. The third-order valence-electron chi connectivity index (χ3n) is 6.49. The smallest absolute Gasteiger partial charge is 0.331 e. The number of fused-ring (bicyclic) bond motifs is 1. The number of carbonyl (C=O) groups excluding carboxylic acids is 1. The lowest BCUT2D eigenvalue weighted by Crippen LogP contribution is -2.44. The topological polar surface area (TPSA) is 128 Å². The van der Waals surface area contributed by atoms with E-state index < -0.39 is 23.6 Å². The summed E-state index contributed by atoms with van der Waals surface area (Å²) in [5, 5.41) is 10.1. The average molecular weight is 489 g/mol. The van der Waals surface area contributed by atoms with Crippen LogP contribution in [0.3, 0.4) is 0 Å². The average Bonchev–Trinajstić information content (AvgIpc) is 3.22. The Bertz CT molecular complexity index is 1560. The van der Waals surface area contributed by atoms with E-state index in [1.807, 2.05) is 4.90 Å². The van der Waals surface area contributed by atoms with Gasteiger partial charge in [0.25, 0.3) is 5.56 Å². The van der Waals surface area contributed by atoms with Crippen molar-refractivity contribution in [3.8, 4) is 23.7 Å². The maximum absolute atomic E-state index is 13.8. The first-order valence-electron chi connectivity index (χ1n) is 11.7. The molecular weight excluding hydrogens is 460 g/mol. The van der Waals surface area contributed by atoms with Crippen LogP contribution in [0.1, 0.15) is 35.7 Å². The zero-order valence-corrected chi connectivity index (χ0v) is 20.6. The van der Waals surface area contributed by atoms with Crippen molar-refractivity contribution in [3.63, 3.8) is 0 Å². The van der Waals surface area contributed by atoms with Crippen molar-refractivity contribution in [2.75, 3.05) is 25.1 Å². The monoisotopic (exact) mass is 488 g/mol. The summed E-state index contributed by atoms with van der Waals surface area (Å²) in [4.78, 5) is 42.1. The molecule has 186 valence electrons. The number of nitrogens with zero attached hydrogens (tertiary/aromatic N) is 5. The van der Waals surface area contributed by atoms with Gasteiger partial charge in [0.1, 0.15) is 28.7 Å². The zero-order valence-electron chi connectivity index (χ0n) is 20.6. The minimum absolute atomic E-state index is 0.0741. The van der Waals surface area contributed by atoms with Gasteiger partial charge >= 0.3 is 5.69 Å². The maximum Gasteiger partial charge on any atom is 0.331 e. The summed E-state index contributed by atoms with van der Waals surface area (Å²) in [6.45, 7) is 2.56. The number of nitrogens with two attached hydrogens (primary N) is 1. The number of ether oxygens (including phenoxy) is 1. The zero-order chi connectivity index (χ0) is 26.0. The highest BCUT2D eigenvalue weighted by atomic mass is 16.5. The number of benzene rings is 1. The molecule has 10 heteroatoms. The van der Waals surface area contributed by atoms with E-state index in [2.05, 4.69) is 17.9 Å². The van der Waals surface area contributed by atoms with Crippen molar-refractivity contribution in [1.29, 1.82) is 5.26 Å². The van der Waals surface area contributed by atoms with Crippen molar-refractivity contribution in [3.05, 3.63) is 56.2 Å². The molecule has 3 heterocycles. The Labute approximate surface area is 208 Å². The molecule has 1 aromatic carbocycles. The van der Waals surface area contributed by atoms with E-state index >= 15 is 0 Å². The number of aromatic nitrogens is 3. The first kappa shape index (κ1) is 24.8. The van der Waals surface area contributed by atoms with Crippen LogP contribution >= 0.6 is 0 Å². The summed E-state index contributed by atoms with van der Waals surface area (Å²) in [5.41, 5.74) is 5.80. The molecule has 36 heavy (non-hydrogen) atoms. The number of anilines is 1.